The molecule has 1 unspecified atom stereocenters. The third kappa shape index (κ3) is 3.61. The van der Waals surface area contributed by atoms with Crippen LogP contribution in [0, 0.1) is 0 Å². The van der Waals surface area contributed by atoms with Crippen LogP contribution in [0.15, 0.2) is 0 Å². The molecule has 106 valence electrons. The highest BCUT2D eigenvalue weighted by molar-refractivity contribution is 5.71. The molecule has 1 saturated heterocycles. The van der Waals surface area contributed by atoms with Crippen LogP contribution in [0.4, 0.5) is 0 Å². The summed E-state index contributed by atoms with van der Waals surface area (Å²) in [4.78, 5) is 11.1. The van der Waals surface area contributed by atoms with Crippen molar-refractivity contribution in [1.82, 2.24) is 5.32 Å². The molecule has 1 aliphatic rings. The van der Waals surface area contributed by atoms with Crippen molar-refractivity contribution in [2.45, 2.75) is 37.6 Å². The molecule has 8 nitrogen and oxygen atoms in total. The van der Waals surface area contributed by atoms with Gasteiger partial charge in [-0.15, -0.1) is 0 Å². The van der Waals surface area contributed by atoms with E-state index in [1.54, 1.807) is 6.92 Å². The molecule has 0 bridgehead atoms. The maximum absolute atomic E-state index is 11.1. The van der Waals surface area contributed by atoms with E-state index < -0.39 is 43.2 Å². The highest BCUT2D eigenvalue weighted by Crippen LogP contribution is 2.19. The second kappa shape index (κ2) is 6.98. The van der Waals surface area contributed by atoms with Gasteiger partial charge in [0.1, 0.15) is 30.6 Å². The summed E-state index contributed by atoms with van der Waals surface area (Å²) in [6.45, 7) is 1.17. The molecule has 5 N–H and O–H groups in total. The molecular formula is C10H19NO7. The molecule has 0 amide bonds. The molecular weight excluding hydrogens is 246 g/mol. The summed E-state index contributed by atoms with van der Waals surface area (Å²) in [6, 6.07) is 0. The Morgan fingerprint density at radius 2 is 1.94 bits per heavy atom. The molecule has 0 aromatic heterocycles. The molecule has 0 aliphatic carbocycles. The molecule has 1 aliphatic heterocycles. The molecule has 18 heavy (non-hydrogen) atoms. The topological polar surface area (TPSA) is 128 Å². The Labute approximate surface area is 104 Å². The van der Waals surface area contributed by atoms with Gasteiger partial charge in [-0.2, -0.15) is 0 Å². The normalized spacial score (nSPS) is 36.4. The van der Waals surface area contributed by atoms with Gasteiger partial charge < -0.3 is 29.9 Å². The smallest absolute Gasteiger partial charge is 0.319 e. The quantitative estimate of drug-likeness (QED) is 0.331. The Hall–Kier alpha value is -0.770. The lowest BCUT2D eigenvalue weighted by atomic mass is 9.98. The maximum atomic E-state index is 11.1. The van der Waals surface area contributed by atoms with Gasteiger partial charge in [-0.3, -0.25) is 10.1 Å². The van der Waals surface area contributed by atoms with E-state index in [1.165, 1.54) is 0 Å². The number of aliphatic hydroxyl groups excluding tert-OH is 4. The van der Waals surface area contributed by atoms with E-state index in [1.807, 2.05) is 0 Å². The second-order valence-corrected chi connectivity index (χ2v) is 3.94. The van der Waals surface area contributed by atoms with Crippen molar-refractivity contribution in [2.24, 2.45) is 0 Å². The first-order valence-corrected chi connectivity index (χ1v) is 5.70. The monoisotopic (exact) mass is 265 g/mol. The van der Waals surface area contributed by atoms with Gasteiger partial charge >= 0.3 is 5.97 Å². The minimum Gasteiger partial charge on any atom is -0.465 e. The van der Waals surface area contributed by atoms with E-state index in [0.29, 0.717) is 0 Å². The molecule has 0 saturated carbocycles. The van der Waals surface area contributed by atoms with Gasteiger partial charge in [-0.1, -0.05) is 0 Å². The van der Waals surface area contributed by atoms with Crippen LogP contribution >= 0.6 is 0 Å². The molecule has 0 radical (unpaired) electrons. The first kappa shape index (κ1) is 15.3. The van der Waals surface area contributed by atoms with Gasteiger partial charge in [0.15, 0.2) is 0 Å². The van der Waals surface area contributed by atoms with E-state index in [2.05, 4.69) is 10.1 Å². The lowest BCUT2D eigenvalue weighted by molar-refractivity contribution is -0.236. The van der Waals surface area contributed by atoms with Crippen molar-refractivity contribution in [2.75, 3.05) is 19.8 Å². The zero-order valence-corrected chi connectivity index (χ0v) is 10.0. The van der Waals surface area contributed by atoms with Gasteiger partial charge in [0.2, 0.25) is 0 Å². The van der Waals surface area contributed by atoms with Crippen LogP contribution < -0.4 is 5.32 Å². The lowest BCUT2D eigenvalue weighted by Gasteiger charge is -2.40. The van der Waals surface area contributed by atoms with Gasteiger partial charge in [-0.05, 0) is 6.92 Å². The molecule has 5 atom stereocenters. The van der Waals surface area contributed by atoms with Crippen molar-refractivity contribution in [3.05, 3.63) is 0 Å². The molecule has 0 aromatic rings. The fourth-order valence-corrected chi connectivity index (χ4v) is 1.67. The van der Waals surface area contributed by atoms with E-state index in [-0.39, 0.29) is 13.2 Å². The van der Waals surface area contributed by atoms with Crippen LogP contribution in [0.1, 0.15) is 6.92 Å². The van der Waals surface area contributed by atoms with Gasteiger partial charge in [-0.25, -0.2) is 0 Å². The Kier molecular flexibility index (Phi) is 5.93. The van der Waals surface area contributed by atoms with Crippen molar-refractivity contribution in [3.63, 3.8) is 0 Å². The van der Waals surface area contributed by atoms with Crippen LogP contribution in [0.25, 0.3) is 0 Å². The number of nitrogens with one attached hydrogen (secondary N) is 1. The Bertz CT molecular complexity index is 273. The van der Waals surface area contributed by atoms with Crippen molar-refractivity contribution in [3.8, 4) is 0 Å². The summed E-state index contributed by atoms with van der Waals surface area (Å²) in [5.74, 6) is -0.533. The average Bonchev–Trinajstić information content (AvgIpc) is 2.35. The first-order valence-electron chi connectivity index (χ1n) is 5.70. The number of hydrogen-bond acceptors (Lipinski definition) is 8. The van der Waals surface area contributed by atoms with E-state index in [9.17, 15) is 20.1 Å². The first-order chi connectivity index (χ1) is 8.51. The number of aliphatic hydroxyl groups is 4. The largest absolute Gasteiger partial charge is 0.465 e. The Morgan fingerprint density at radius 1 is 1.28 bits per heavy atom. The third-order valence-corrected chi connectivity index (χ3v) is 2.65. The van der Waals surface area contributed by atoms with Crippen LogP contribution in [-0.2, 0) is 14.3 Å². The van der Waals surface area contributed by atoms with Crippen LogP contribution in [0.5, 0.6) is 0 Å². The number of ether oxygens (including phenoxy) is 2. The van der Waals surface area contributed by atoms with Crippen LogP contribution in [0.2, 0.25) is 0 Å². The fraction of sp³-hybridized carbons (Fsp3) is 0.900. The minimum absolute atomic E-state index is 0.212. The number of carbonyl (C=O) groups is 1. The fourth-order valence-electron chi connectivity index (χ4n) is 1.67. The second-order valence-electron chi connectivity index (χ2n) is 3.94. The van der Waals surface area contributed by atoms with Gasteiger partial charge in [0.05, 0.1) is 19.8 Å². The highest BCUT2D eigenvalue weighted by atomic mass is 16.6. The van der Waals surface area contributed by atoms with E-state index >= 15 is 0 Å². The third-order valence-electron chi connectivity index (χ3n) is 2.65. The zero-order chi connectivity index (χ0) is 13.7. The highest BCUT2D eigenvalue weighted by Gasteiger charge is 2.43. The minimum atomic E-state index is -1.46. The number of hydrogen-bond donors (Lipinski definition) is 5. The SMILES string of the molecule is CCOC(=O)CNC1O[C@H](CO)[C@@H](O)[C@H](O)[C@H]1O. The molecule has 1 rings (SSSR count). The Morgan fingerprint density at radius 3 is 2.50 bits per heavy atom. The molecule has 1 fully saturated rings. The van der Waals surface area contributed by atoms with Crippen LogP contribution in [-0.4, -0.2) is 76.8 Å². The summed E-state index contributed by atoms with van der Waals surface area (Å²) in [5, 5.41) is 40.1. The van der Waals surface area contributed by atoms with Crippen molar-refractivity contribution < 1.29 is 34.7 Å². The number of esters is 1. The molecule has 0 aromatic carbocycles. The van der Waals surface area contributed by atoms with Crippen LogP contribution in [0.3, 0.4) is 0 Å². The molecule has 0 spiro atoms. The summed E-state index contributed by atoms with van der Waals surface area (Å²) in [6.07, 6.45) is -6.34. The zero-order valence-electron chi connectivity index (χ0n) is 10.0. The van der Waals surface area contributed by atoms with Gasteiger partial charge in [0, 0.05) is 0 Å². The van der Waals surface area contributed by atoms with Crippen molar-refractivity contribution in [1.29, 1.82) is 0 Å². The summed E-state index contributed by atoms with van der Waals surface area (Å²) < 4.78 is 9.80. The number of rotatable bonds is 5. The van der Waals surface area contributed by atoms with E-state index in [0.717, 1.165) is 0 Å². The predicted octanol–water partition coefficient (Wildman–Crippen LogP) is -3.06. The summed E-state index contributed by atoms with van der Waals surface area (Å²) in [7, 11) is 0. The Balaban J connectivity index is 2.51. The summed E-state index contributed by atoms with van der Waals surface area (Å²) in [5.41, 5.74) is 0. The molecule has 1 heterocycles. The standard InChI is InChI=1S/C10H19NO7/c1-2-17-6(13)3-11-10-9(16)8(15)7(14)5(4-12)18-10/h5,7-12,14-16H,2-4H2,1H3/t5-,7-,8+,9-,10?/m1/s1. The molecule has 8 heteroatoms. The van der Waals surface area contributed by atoms with Crippen molar-refractivity contribution >= 4 is 5.97 Å². The van der Waals surface area contributed by atoms with E-state index in [4.69, 9.17) is 9.84 Å². The predicted molar refractivity (Wildman–Crippen MR) is 58.4 cm³/mol. The average molecular weight is 265 g/mol. The maximum Gasteiger partial charge on any atom is 0.319 e. The van der Waals surface area contributed by atoms with Gasteiger partial charge in [0.25, 0.3) is 0 Å². The number of carbonyl (C=O) groups excluding carboxylic acids is 1. The lowest BCUT2D eigenvalue weighted by Crippen LogP contribution is -2.62. The summed E-state index contributed by atoms with van der Waals surface area (Å²) >= 11 is 0.